The van der Waals surface area contributed by atoms with Crippen molar-refractivity contribution in [2.75, 3.05) is 10.6 Å². The molecule has 0 saturated carbocycles. The van der Waals surface area contributed by atoms with E-state index in [0.717, 1.165) is 0 Å². The van der Waals surface area contributed by atoms with Crippen LogP contribution < -0.4 is 10.6 Å². The van der Waals surface area contributed by atoms with Gasteiger partial charge in [-0.3, -0.25) is 9.59 Å². The third-order valence-corrected chi connectivity index (χ3v) is 4.17. The lowest BCUT2D eigenvalue weighted by Gasteiger charge is -2.16. The van der Waals surface area contributed by atoms with Gasteiger partial charge in [0.1, 0.15) is 5.92 Å². The fourth-order valence-corrected chi connectivity index (χ4v) is 3.26. The molecule has 2 amide bonds. The third-order valence-electron chi connectivity index (χ3n) is 3.30. The molecule has 0 aliphatic heterocycles. The van der Waals surface area contributed by atoms with Crippen molar-refractivity contribution in [3.63, 3.8) is 0 Å². The van der Waals surface area contributed by atoms with E-state index in [9.17, 15) is 9.59 Å². The zero-order valence-corrected chi connectivity index (χ0v) is 16.4. The Bertz CT molecular complexity index is 749. The number of benzene rings is 2. The lowest BCUT2D eigenvalue weighted by molar-refractivity contribution is -0.129. The number of nitrogens with one attached hydrogen (secondary N) is 2. The van der Waals surface area contributed by atoms with Crippen LogP contribution in [0.3, 0.4) is 0 Å². The standard InChI is InChI=1S/C18H14Cl4N2O2/c1-2-3-16(17(25)23-14-6-10(19)4-11(20)7-14)18(26)24-15-8-12(21)5-13(22)9-15/h2,4-9,16H,1,3H2,(H,23,25)(H,24,26). The molecule has 0 saturated heterocycles. The molecule has 2 aromatic carbocycles. The second-order valence-corrected chi connectivity index (χ2v) is 7.12. The van der Waals surface area contributed by atoms with E-state index in [1.54, 1.807) is 0 Å². The summed E-state index contributed by atoms with van der Waals surface area (Å²) in [6, 6.07) is 9.21. The molecule has 136 valence electrons. The van der Waals surface area contributed by atoms with Gasteiger partial charge in [-0.05, 0) is 42.8 Å². The summed E-state index contributed by atoms with van der Waals surface area (Å²) in [5, 5.41) is 6.73. The van der Waals surface area contributed by atoms with Crippen molar-refractivity contribution in [3.05, 3.63) is 69.1 Å². The van der Waals surface area contributed by atoms with Crippen LogP contribution in [0.2, 0.25) is 20.1 Å². The fraction of sp³-hybridized carbons (Fsp3) is 0.111. The maximum Gasteiger partial charge on any atom is 0.237 e. The smallest absolute Gasteiger partial charge is 0.237 e. The van der Waals surface area contributed by atoms with E-state index < -0.39 is 17.7 Å². The lowest BCUT2D eigenvalue weighted by Crippen LogP contribution is -2.33. The van der Waals surface area contributed by atoms with Crippen LogP contribution >= 0.6 is 46.4 Å². The van der Waals surface area contributed by atoms with E-state index >= 15 is 0 Å². The topological polar surface area (TPSA) is 58.2 Å². The molecule has 0 atom stereocenters. The van der Waals surface area contributed by atoms with Gasteiger partial charge in [-0.25, -0.2) is 0 Å². The van der Waals surface area contributed by atoms with Gasteiger partial charge < -0.3 is 10.6 Å². The van der Waals surface area contributed by atoms with E-state index in [0.29, 0.717) is 31.5 Å². The molecule has 0 aromatic heterocycles. The summed E-state index contributed by atoms with van der Waals surface area (Å²) >= 11 is 23.7. The number of halogens is 4. The van der Waals surface area contributed by atoms with Crippen molar-refractivity contribution >= 4 is 69.6 Å². The van der Waals surface area contributed by atoms with Crippen molar-refractivity contribution in [1.82, 2.24) is 0 Å². The maximum atomic E-state index is 12.5. The third kappa shape index (κ3) is 5.92. The van der Waals surface area contributed by atoms with Crippen molar-refractivity contribution in [2.24, 2.45) is 5.92 Å². The van der Waals surface area contributed by atoms with Crippen LogP contribution in [0.1, 0.15) is 6.42 Å². The highest BCUT2D eigenvalue weighted by molar-refractivity contribution is 6.35. The van der Waals surface area contributed by atoms with E-state index in [-0.39, 0.29) is 6.42 Å². The first-order valence-electron chi connectivity index (χ1n) is 7.43. The van der Waals surface area contributed by atoms with Gasteiger partial charge in [0.15, 0.2) is 0 Å². The van der Waals surface area contributed by atoms with Gasteiger partial charge in [-0.15, -0.1) is 6.58 Å². The van der Waals surface area contributed by atoms with E-state index in [1.165, 1.54) is 42.5 Å². The average molecular weight is 432 g/mol. The minimum Gasteiger partial charge on any atom is -0.325 e. The maximum absolute atomic E-state index is 12.5. The second kappa shape index (κ2) is 9.28. The van der Waals surface area contributed by atoms with Gasteiger partial charge in [0, 0.05) is 31.5 Å². The summed E-state index contributed by atoms with van der Waals surface area (Å²) in [4.78, 5) is 25.1. The zero-order chi connectivity index (χ0) is 19.3. The highest BCUT2D eigenvalue weighted by Gasteiger charge is 2.26. The molecule has 0 spiro atoms. The Morgan fingerprint density at radius 3 is 1.46 bits per heavy atom. The fourth-order valence-electron chi connectivity index (χ4n) is 2.21. The van der Waals surface area contributed by atoms with Crippen molar-refractivity contribution in [3.8, 4) is 0 Å². The van der Waals surface area contributed by atoms with Crippen LogP contribution in [0.5, 0.6) is 0 Å². The molecule has 2 rings (SSSR count). The highest BCUT2D eigenvalue weighted by atomic mass is 35.5. The Kier molecular flexibility index (Phi) is 7.35. The largest absolute Gasteiger partial charge is 0.325 e. The Morgan fingerprint density at radius 2 is 1.15 bits per heavy atom. The van der Waals surface area contributed by atoms with Crippen LogP contribution in [0.25, 0.3) is 0 Å². The lowest BCUT2D eigenvalue weighted by atomic mass is 10.0. The Balaban J connectivity index is 2.16. The van der Waals surface area contributed by atoms with Crippen LogP contribution in [0.4, 0.5) is 11.4 Å². The molecule has 0 fully saturated rings. The SMILES string of the molecule is C=CCC(C(=O)Nc1cc(Cl)cc(Cl)c1)C(=O)Nc1cc(Cl)cc(Cl)c1. The molecule has 0 bridgehead atoms. The van der Waals surface area contributed by atoms with Crippen LogP contribution in [-0.4, -0.2) is 11.8 Å². The molecule has 0 aliphatic carbocycles. The number of anilines is 2. The summed E-state index contributed by atoms with van der Waals surface area (Å²) in [7, 11) is 0. The molecular formula is C18H14Cl4N2O2. The Morgan fingerprint density at radius 1 is 0.808 bits per heavy atom. The molecule has 2 N–H and O–H groups in total. The summed E-state index contributed by atoms with van der Waals surface area (Å²) in [5.74, 6) is -2.05. The molecule has 0 aliphatic rings. The first kappa shape index (κ1) is 20.6. The molecule has 0 heterocycles. The minimum absolute atomic E-state index is 0.139. The molecule has 2 aromatic rings. The van der Waals surface area contributed by atoms with Crippen molar-refractivity contribution < 1.29 is 9.59 Å². The van der Waals surface area contributed by atoms with Gasteiger partial charge in [-0.2, -0.15) is 0 Å². The molecule has 0 unspecified atom stereocenters. The van der Waals surface area contributed by atoms with E-state index in [1.807, 2.05) is 0 Å². The predicted octanol–water partition coefficient (Wildman–Crippen LogP) is 6.07. The van der Waals surface area contributed by atoms with Gasteiger partial charge in [0.25, 0.3) is 0 Å². The minimum atomic E-state index is -1.01. The van der Waals surface area contributed by atoms with Gasteiger partial charge in [0.2, 0.25) is 11.8 Å². The molecule has 26 heavy (non-hydrogen) atoms. The van der Waals surface area contributed by atoms with Crippen LogP contribution in [-0.2, 0) is 9.59 Å². The number of carbonyl (C=O) groups is 2. The van der Waals surface area contributed by atoms with E-state index in [4.69, 9.17) is 46.4 Å². The van der Waals surface area contributed by atoms with Gasteiger partial charge in [-0.1, -0.05) is 52.5 Å². The summed E-state index contributed by atoms with van der Waals surface area (Å²) < 4.78 is 0. The zero-order valence-electron chi connectivity index (χ0n) is 13.4. The second-order valence-electron chi connectivity index (χ2n) is 5.37. The number of hydrogen-bond donors (Lipinski definition) is 2. The number of amides is 2. The normalized spacial score (nSPS) is 10.5. The van der Waals surface area contributed by atoms with Gasteiger partial charge in [0.05, 0.1) is 0 Å². The van der Waals surface area contributed by atoms with Crippen molar-refractivity contribution in [1.29, 1.82) is 0 Å². The van der Waals surface area contributed by atoms with Crippen LogP contribution in [0, 0.1) is 5.92 Å². The summed E-state index contributed by atoms with van der Waals surface area (Å²) in [6.45, 7) is 3.59. The Hall–Kier alpha value is -1.72. The number of rotatable bonds is 6. The number of carbonyl (C=O) groups excluding carboxylic acids is 2. The van der Waals surface area contributed by atoms with Crippen molar-refractivity contribution in [2.45, 2.75) is 6.42 Å². The first-order chi connectivity index (χ1) is 12.3. The molecular weight excluding hydrogens is 418 g/mol. The monoisotopic (exact) mass is 430 g/mol. The quantitative estimate of drug-likeness (QED) is 0.430. The predicted molar refractivity (Wildman–Crippen MR) is 108 cm³/mol. The molecule has 4 nitrogen and oxygen atoms in total. The first-order valence-corrected chi connectivity index (χ1v) is 8.94. The number of hydrogen-bond acceptors (Lipinski definition) is 2. The van der Waals surface area contributed by atoms with Crippen LogP contribution in [0.15, 0.2) is 49.1 Å². The Labute approximate surface area is 171 Å². The molecule has 0 radical (unpaired) electrons. The van der Waals surface area contributed by atoms with E-state index in [2.05, 4.69) is 17.2 Å². The molecule has 8 heteroatoms. The number of allylic oxidation sites excluding steroid dienone is 1. The highest BCUT2D eigenvalue weighted by Crippen LogP contribution is 2.25. The average Bonchev–Trinajstić information content (AvgIpc) is 2.50. The van der Waals surface area contributed by atoms with Gasteiger partial charge >= 0.3 is 0 Å². The summed E-state index contributed by atoms with van der Waals surface area (Å²) in [5.41, 5.74) is 0.778. The summed E-state index contributed by atoms with van der Waals surface area (Å²) in [6.07, 6.45) is 1.62.